The Hall–Kier alpha value is -2.63. The van der Waals surface area contributed by atoms with Gasteiger partial charge in [0.1, 0.15) is 23.1 Å². The van der Waals surface area contributed by atoms with E-state index in [-0.39, 0.29) is 12.0 Å². The molecule has 6 heteroatoms. The van der Waals surface area contributed by atoms with Gasteiger partial charge in [0.25, 0.3) is 5.91 Å². The maximum atomic E-state index is 12.5. The van der Waals surface area contributed by atoms with Gasteiger partial charge < -0.3 is 15.4 Å². The molecule has 2 N–H and O–H groups in total. The Labute approximate surface area is 155 Å². The summed E-state index contributed by atoms with van der Waals surface area (Å²) in [5.41, 5.74) is 1.04. The molecule has 26 heavy (non-hydrogen) atoms. The second-order valence-electron chi connectivity index (χ2n) is 6.46. The quantitative estimate of drug-likeness (QED) is 0.650. The Morgan fingerprint density at radius 1 is 1.15 bits per heavy atom. The fourth-order valence-electron chi connectivity index (χ4n) is 2.45. The number of aryl methyl sites for hydroxylation is 1. The molecule has 0 saturated heterocycles. The third kappa shape index (κ3) is 6.35. The standard InChI is InChI=1S/C20H28N4O2/c1-5-6-7-12-21-19-13-18(22-15(4)23-19)20(25)24-16-8-10-17(11-9-16)26-14(2)3/h8-11,13-14H,5-7,12H2,1-4H3,(H,24,25)(H,21,22,23). The second-order valence-corrected chi connectivity index (χ2v) is 6.46. The van der Waals surface area contributed by atoms with Gasteiger partial charge in [-0.2, -0.15) is 0 Å². The summed E-state index contributed by atoms with van der Waals surface area (Å²) in [5.74, 6) is 1.76. The van der Waals surface area contributed by atoms with E-state index in [4.69, 9.17) is 4.74 Å². The number of carbonyl (C=O) groups excluding carboxylic acids is 1. The number of anilines is 2. The number of hydrogen-bond acceptors (Lipinski definition) is 5. The lowest BCUT2D eigenvalue weighted by Gasteiger charge is -2.11. The van der Waals surface area contributed by atoms with E-state index >= 15 is 0 Å². The monoisotopic (exact) mass is 356 g/mol. The first-order valence-electron chi connectivity index (χ1n) is 9.15. The van der Waals surface area contributed by atoms with Crippen LogP contribution in [0.1, 0.15) is 56.3 Å². The molecule has 0 atom stereocenters. The van der Waals surface area contributed by atoms with Crippen LogP contribution < -0.4 is 15.4 Å². The van der Waals surface area contributed by atoms with E-state index in [1.807, 2.05) is 38.1 Å². The fraction of sp³-hybridized carbons (Fsp3) is 0.450. The molecule has 0 radical (unpaired) electrons. The van der Waals surface area contributed by atoms with Gasteiger partial charge in [-0.1, -0.05) is 19.8 Å². The van der Waals surface area contributed by atoms with Gasteiger partial charge in [0.05, 0.1) is 6.10 Å². The molecule has 0 aliphatic rings. The maximum Gasteiger partial charge on any atom is 0.274 e. The molecule has 0 fully saturated rings. The van der Waals surface area contributed by atoms with Crippen LogP contribution in [0.2, 0.25) is 0 Å². The first-order valence-corrected chi connectivity index (χ1v) is 9.15. The zero-order chi connectivity index (χ0) is 18.9. The molecule has 0 saturated carbocycles. The summed E-state index contributed by atoms with van der Waals surface area (Å²) in [7, 11) is 0. The van der Waals surface area contributed by atoms with Gasteiger partial charge in [-0.15, -0.1) is 0 Å². The third-order valence-electron chi connectivity index (χ3n) is 3.64. The van der Waals surface area contributed by atoms with Crippen LogP contribution in [0.25, 0.3) is 0 Å². The zero-order valence-corrected chi connectivity index (χ0v) is 16.0. The van der Waals surface area contributed by atoms with Gasteiger partial charge in [-0.05, 0) is 51.5 Å². The summed E-state index contributed by atoms with van der Waals surface area (Å²) in [5, 5.41) is 6.11. The third-order valence-corrected chi connectivity index (χ3v) is 3.64. The Morgan fingerprint density at radius 3 is 2.54 bits per heavy atom. The number of rotatable bonds is 9. The number of aromatic nitrogens is 2. The van der Waals surface area contributed by atoms with Crippen molar-refractivity contribution in [2.45, 2.75) is 53.1 Å². The van der Waals surface area contributed by atoms with Crippen LogP contribution in [0, 0.1) is 6.92 Å². The van der Waals surface area contributed by atoms with Gasteiger partial charge in [0.15, 0.2) is 0 Å². The number of unbranched alkanes of at least 4 members (excludes halogenated alkanes) is 2. The number of carbonyl (C=O) groups is 1. The largest absolute Gasteiger partial charge is 0.491 e. The summed E-state index contributed by atoms with van der Waals surface area (Å²) in [6, 6.07) is 8.98. The smallest absolute Gasteiger partial charge is 0.274 e. The van der Waals surface area contributed by atoms with E-state index in [0.717, 1.165) is 18.7 Å². The van der Waals surface area contributed by atoms with Crippen molar-refractivity contribution in [3.05, 3.63) is 41.9 Å². The highest BCUT2D eigenvalue weighted by molar-refractivity contribution is 6.03. The maximum absolute atomic E-state index is 12.5. The zero-order valence-electron chi connectivity index (χ0n) is 16.0. The normalized spacial score (nSPS) is 10.7. The Balaban J connectivity index is 2.00. The molecule has 1 heterocycles. The van der Waals surface area contributed by atoms with Crippen molar-refractivity contribution in [3.8, 4) is 5.75 Å². The lowest BCUT2D eigenvalue weighted by molar-refractivity contribution is 0.102. The van der Waals surface area contributed by atoms with Crippen LogP contribution in [0.5, 0.6) is 5.75 Å². The molecule has 0 aliphatic heterocycles. The average Bonchev–Trinajstić information content (AvgIpc) is 2.59. The minimum Gasteiger partial charge on any atom is -0.491 e. The molecule has 1 aromatic carbocycles. The Morgan fingerprint density at radius 2 is 1.88 bits per heavy atom. The number of ether oxygens (including phenoxy) is 1. The molecule has 2 aromatic rings. The number of benzene rings is 1. The van der Waals surface area contributed by atoms with Crippen LogP contribution in [0.3, 0.4) is 0 Å². The number of hydrogen-bond donors (Lipinski definition) is 2. The lowest BCUT2D eigenvalue weighted by Crippen LogP contribution is -2.16. The first kappa shape index (κ1) is 19.7. The molecule has 6 nitrogen and oxygen atoms in total. The first-order chi connectivity index (χ1) is 12.5. The summed E-state index contributed by atoms with van der Waals surface area (Å²) in [6.07, 6.45) is 3.52. The minimum atomic E-state index is -0.260. The van der Waals surface area contributed by atoms with E-state index < -0.39 is 0 Å². The number of nitrogens with zero attached hydrogens (tertiary/aromatic N) is 2. The molecule has 1 aromatic heterocycles. The van der Waals surface area contributed by atoms with Crippen LogP contribution >= 0.6 is 0 Å². The van der Waals surface area contributed by atoms with Crippen molar-refractivity contribution >= 4 is 17.4 Å². The lowest BCUT2D eigenvalue weighted by atomic mass is 10.2. The molecular formula is C20H28N4O2. The Kier molecular flexibility index (Phi) is 7.38. The van der Waals surface area contributed by atoms with Crippen molar-refractivity contribution in [2.75, 3.05) is 17.2 Å². The average molecular weight is 356 g/mol. The molecular weight excluding hydrogens is 328 g/mol. The van der Waals surface area contributed by atoms with E-state index in [0.29, 0.717) is 23.0 Å². The van der Waals surface area contributed by atoms with Gasteiger partial charge in [0, 0.05) is 18.3 Å². The molecule has 140 valence electrons. The van der Waals surface area contributed by atoms with E-state index in [2.05, 4.69) is 27.5 Å². The molecule has 0 unspecified atom stereocenters. The van der Waals surface area contributed by atoms with Crippen molar-refractivity contribution in [1.29, 1.82) is 0 Å². The van der Waals surface area contributed by atoms with Crippen LogP contribution in [-0.4, -0.2) is 28.5 Å². The van der Waals surface area contributed by atoms with Crippen molar-refractivity contribution < 1.29 is 9.53 Å². The summed E-state index contributed by atoms with van der Waals surface area (Å²) in [4.78, 5) is 21.1. The topological polar surface area (TPSA) is 76.1 Å². The summed E-state index contributed by atoms with van der Waals surface area (Å²) < 4.78 is 5.60. The van der Waals surface area contributed by atoms with Crippen molar-refractivity contribution in [1.82, 2.24) is 9.97 Å². The highest BCUT2D eigenvalue weighted by Gasteiger charge is 2.11. The number of amides is 1. The summed E-state index contributed by atoms with van der Waals surface area (Å²) >= 11 is 0. The van der Waals surface area contributed by atoms with Crippen molar-refractivity contribution in [3.63, 3.8) is 0 Å². The van der Waals surface area contributed by atoms with Gasteiger partial charge in [-0.25, -0.2) is 9.97 Å². The Bertz CT molecular complexity index is 714. The molecule has 0 aliphatic carbocycles. The van der Waals surface area contributed by atoms with Crippen LogP contribution in [-0.2, 0) is 0 Å². The molecule has 2 rings (SSSR count). The molecule has 0 spiro atoms. The van der Waals surface area contributed by atoms with E-state index in [1.54, 1.807) is 13.0 Å². The molecule has 0 bridgehead atoms. The van der Waals surface area contributed by atoms with Crippen LogP contribution in [0.4, 0.5) is 11.5 Å². The summed E-state index contributed by atoms with van der Waals surface area (Å²) in [6.45, 7) is 8.73. The highest BCUT2D eigenvalue weighted by atomic mass is 16.5. The van der Waals surface area contributed by atoms with Crippen LogP contribution in [0.15, 0.2) is 30.3 Å². The van der Waals surface area contributed by atoms with E-state index in [9.17, 15) is 4.79 Å². The minimum absolute atomic E-state index is 0.114. The predicted molar refractivity (Wildman–Crippen MR) is 105 cm³/mol. The SMILES string of the molecule is CCCCCNc1cc(C(=O)Nc2ccc(OC(C)C)cc2)nc(C)n1. The van der Waals surface area contributed by atoms with Gasteiger partial charge in [-0.3, -0.25) is 4.79 Å². The number of nitrogens with one attached hydrogen (secondary N) is 2. The van der Waals surface area contributed by atoms with Crippen molar-refractivity contribution in [2.24, 2.45) is 0 Å². The molecule has 1 amide bonds. The predicted octanol–water partition coefficient (Wildman–Crippen LogP) is 4.43. The van der Waals surface area contributed by atoms with E-state index in [1.165, 1.54) is 12.8 Å². The van der Waals surface area contributed by atoms with Gasteiger partial charge in [0.2, 0.25) is 0 Å². The fourth-order valence-corrected chi connectivity index (χ4v) is 2.45. The van der Waals surface area contributed by atoms with Gasteiger partial charge >= 0.3 is 0 Å². The highest BCUT2D eigenvalue weighted by Crippen LogP contribution is 2.18. The second kappa shape index (κ2) is 9.75.